The molecule has 2 aromatic heterocycles. The third-order valence-electron chi connectivity index (χ3n) is 3.73. The molecule has 0 radical (unpaired) electrons. The van der Waals surface area contributed by atoms with Gasteiger partial charge in [0.15, 0.2) is 0 Å². The van der Waals surface area contributed by atoms with Gasteiger partial charge in [-0.3, -0.25) is 9.78 Å². The fourth-order valence-corrected chi connectivity index (χ4v) is 2.52. The zero-order chi connectivity index (χ0) is 18.1. The molecule has 2 unspecified atom stereocenters. The van der Waals surface area contributed by atoms with Gasteiger partial charge in [-0.05, 0) is 31.4 Å². The summed E-state index contributed by atoms with van der Waals surface area (Å²) in [5.41, 5.74) is 1.37. The van der Waals surface area contributed by atoms with E-state index in [9.17, 15) is 13.6 Å². The van der Waals surface area contributed by atoms with Gasteiger partial charge in [-0.2, -0.15) is 13.9 Å². The number of carbonyl (C=O) groups is 1. The van der Waals surface area contributed by atoms with E-state index in [1.165, 1.54) is 12.4 Å². The first-order valence-corrected chi connectivity index (χ1v) is 7.34. The summed E-state index contributed by atoms with van der Waals surface area (Å²) in [4.78, 5) is 16.6. The van der Waals surface area contributed by atoms with Crippen molar-refractivity contribution in [3.05, 3.63) is 30.2 Å². The van der Waals surface area contributed by atoms with E-state index in [2.05, 4.69) is 15.4 Å². The van der Waals surface area contributed by atoms with Crippen LogP contribution in [0.1, 0.15) is 41.1 Å². The predicted octanol–water partition coefficient (Wildman–Crippen LogP) is 3.64. The third-order valence-corrected chi connectivity index (χ3v) is 3.73. The van der Waals surface area contributed by atoms with Crippen molar-refractivity contribution in [2.75, 3.05) is 5.32 Å². The molecule has 0 aromatic carbocycles. The van der Waals surface area contributed by atoms with E-state index in [4.69, 9.17) is 2.74 Å². The maximum atomic E-state index is 13.3. The van der Waals surface area contributed by atoms with Crippen LogP contribution in [0.4, 0.5) is 14.5 Å². The maximum absolute atomic E-state index is 13.3. The fourth-order valence-electron chi connectivity index (χ4n) is 2.52. The summed E-state index contributed by atoms with van der Waals surface area (Å²) in [7, 11) is 0. The van der Waals surface area contributed by atoms with Gasteiger partial charge in [0.2, 0.25) is 5.91 Å². The molecule has 0 fully saturated rings. The number of rotatable bonds is 1. The second-order valence-electron chi connectivity index (χ2n) is 5.41. The Morgan fingerprint density at radius 3 is 3.13 bits per heavy atom. The summed E-state index contributed by atoms with van der Waals surface area (Å²) >= 11 is 0. The van der Waals surface area contributed by atoms with Crippen molar-refractivity contribution in [3.63, 3.8) is 0 Å². The molecule has 0 aliphatic carbocycles. The first-order valence-electron chi connectivity index (χ1n) is 8.50. The second kappa shape index (κ2) is 6.44. The number of fused-ring (bicyclic) bond motifs is 4. The Labute approximate surface area is 135 Å². The number of anilines is 1. The zero-order valence-corrected chi connectivity index (χ0v) is 12.5. The van der Waals surface area contributed by atoms with E-state index in [0.717, 1.165) is 0 Å². The molecule has 1 N–H and O–H groups in total. The smallest absolute Gasteiger partial charge is 0.323 e. The minimum atomic E-state index is -2.86. The number of pyridine rings is 1. The van der Waals surface area contributed by atoms with Crippen LogP contribution in [0, 0.1) is 5.92 Å². The maximum Gasteiger partial charge on any atom is 0.333 e. The van der Waals surface area contributed by atoms with Crippen LogP contribution in [-0.2, 0) is 11.2 Å². The highest BCUT2D eigenvalue weighted by Gasteiger charge is 2.22. The van der Waals surface area contributed by atoms with E-state index in [1.54, 1.807) is 19.1 Å². The van der Waals surface area contributed by atoms with E-state index in [1.807, 2.05) is 0 Å². The molecular formula is C16H18F2N4O. The van der Waals surface area contributed by atoms with Crippen molar-refractivity contribution >= 4 is 11.6 Å². The Bertz CT molecular complexity index is 783. The van der Waals surface area contributed by atoms with Crippen molar-refractivity contribution in [2.45, 2.75) is 39.1 Å². The molecule has 2 bridgehead atoms. The number of amides is 1. The molecule has 1 aliphatic heterocycles. The normalized spacial score (nSPS) is 26.4. The molecule has 122 valence electrons. The number of halogens is 2. The number of nitrogens with one attached hydrogen (secondary N) is 1. The highest BCUT2D eigenvalue weighted by atomic mass is 19.3. The standard InChI is InChI=1S/C16H18F2N4O/c1-10-4-2-3-5-12-8-11(6-7-19-12)14-13(21-15(10)23)9-20-22(14)16(17)18/h6-10,16H,2-5H2,1H3,(H,21,23)/t10-/m1/s1/i2D,4D/t2?,4?,10-. The summed E-state index contributed by atoms with van der Waals surface area (Å²) in [6, 6.07) is 3.23. The van der Waals surface area contributed by atoms with Gasteiger partial charge >= 0.3 is 6.55 Å². The summed E-state index contributed by atoms with van der Waals surface area (Å²) in [6.45, 7) is -1.29. The zero-order valence-electron chi connectivity index (χ0n) is 14.5. The highest BCUT2D eigenvalue weighted by Crippen LogP contribution is 2.32. The second-order valence-corrected chi connectivity index (χ2v) is 5.41. The Balaban J connectivity index is 2.13. The lowest BCUT2D eigenvalue weighted by Gasteiger charge is -2.15. The summed E-state index contributed by atoms with van der Waals surface area (Å²) < 4.78 is 43.4. The number of hydrogen-bond acceptors (Lipinski definition) is 3. The Kier molecular flexibility index (Phi) is 3.68. The van der Waals surface area contributed by atoms with E-state index in [0.29, 0.717) is 28.8 Å². The molecular weight excluding hydrogens is 302 g/mol. The number of aromatic nitrogens is 3. The van der Waals surface area contributed by atoms with Crippen molar-refractivity contribution in [3.8, 4) is 11.3 Å². The Morgan fingerprint density at radius 2 is 2.35 bits per heavy atom. The molecule has 0 saturated heterocycles. The minimum absolute atomic E-state index is 0.101. The largest absolute Gasteiger partial charge is 0.333 e. The van der Waals surface area contributed by atoms with Crippen LogP contribution in [0.2, 0.25) is 0 Å². The van der Waals surface area contributed by atoms with Gasteiger partial charge < -0.3 is 5.32 Å². The number of carbonyl (C=O) groups excluding carboxylic acids is 1. The van der Waals surface area contributed by atoms with Crippen LogP contribution in [0.15, 0.2) is 24.5 Å². The first-order chi connectivity index (χ1) is 11.9. The average molecular weight is 322 g/mol. The lowest BCUT2D eigenvalue weighted by Crippen LogP contribution is -2.21. The van der Waals surface area contributed by atoms with Crippen LogP contribution < -0.4 is 5.32 Å². The summed E-state index contributed by atoms with van der Waals surface area (Å²) in [5, 5.41) is 6.27. The molecule has 5 nitrogen and oxygen atoms in total. The predicted molar refractivity (Wildman–Crippen MR) is 82.1 cm³/mol. The quantitative estimate of drug-likeness (QED) is 0.872. The minimum Gasteiger partial charge on any atom is -0.323 e. The Morgan fingerprint density at radius 1 is 1.52 bits per heavy atom. The monoisotopic (exact) mass is 322 g/mol. The molecule has 3 atom stereocenters. The first kappa shape index (κ1) is 13.2. The molecule has 3 heterocycles. The summed E-state index contributed by atoms with van der Waals surface area (Å²) in [6.07, 6.45) is 1.82. The van der Waals surface area contributed by atoms with Crippen molar-refractivity contribution in [1.29, 1.82) is 0 Å². The number of nitrogens with zero attached hydrogens (tertiary/aromatic N) is 3. The lowest BCUT2D eigenvalue weighted by atomic mass is 10.00. The molecule has 1 amide bonds. The van der Waals surface area contributed by atoms with E-state index >= 15 is 0 Å². The number of aryl methyl sites for hydroxylation is 1. The summed E-state index contributed by atoms with van der Waals surface area (Å²) in [5.74, 6) is -1.24. The van der Waals surface area contributed by atoms with Gasteiger partial charge in [-0.1, -0.05) is 13.3 Å². The van der Waals surface area contributed by atoms with E-state index < -0.39 is 31.2 Å². The molecule has 7 heteroatoms. The SMILES string of the molecule is [2H]C1CCc2cc(ccn2)-c2c(cnn2C(F)F)NC(=O)[C@H](C)C1[2H]. The number of alkyl halides is 2. The number of hydrogen-bond donors (Lipinski definition) is 1. The van der Waals surface area contributed by atoms with Crippen LogP contribution in [0.5, 0.6) is 0 Å². The van der Waals surface area contributed by atoms with Gasteiger partial charge in [0.1, 0.15) is 0 Å². The van der Waals surface area contributed by atoms with Gasteiger partial charge in [-0.15, -0.1) is 0 Å². The molecule has 0 spiro atoms. The van der Waals surface area contributed by atoms with Crippen LogP contribution in [0.25, 0.3) is 11.3 Å². The highest BCUT2D eigenvalue weighted by molar-refractivity contribution is 5.95. The molecule has 23 heavy (non-hydrogen) atoms. The van der Waals surface area contributed by atoms with Gasteiger partial charge in [0, 0.05) is 26.1 Å². The topological polar surface area (TPSA) is 59.8 Å². The van der Waals surface area contributed by atoms with Gasteiger partial charge in [0.05, 0.1) is 17.6 Å². The average Bonchev–Trinajstić information content (AvgIpc) is 3.01. The van der Waals surface area contributed by atoms with Gasteiger partial charge in [0.25, 0.3) is 0 Å². The van der Waals surface area contributed by atoms with Crippen LogP contribution in [-0.4, -0.2) is 20.7 Å². The van der Waals surface area contributed by atoms with Crippen molar-refractivity contribution < 1.29 is 16.3 Å². The van der Waals surface area contributed by atoms with Crippen molar-refractivity contribution in [2.24, 2.45) is 5.92 Å². The molecule has 0 saturated carbocycles. The van der Waals surface area contributed by atoms with Crippen LogP contribution in [0.3, 0.4) is 0 Å². The van der Waals surface area contributed by atoms with Crippen molar-refractivity contribution in [1.82, 2.24) is 14.8 Å². The molecule has 1 aliphatic rings. The fraction of sp³-hybridized carbons (Fsp3) is 0.438. The molecule has 2 aromatic rings. The van der Waals surface area contributed by atoms with Crippen LogP contribution >= 0.6 is 0 Å². The lowest BCUT2D eigenvalue weighted by molar-refractivity contribution is -0.119. The molecule has 3 rings (SSSR count). The van der Waals surface area contributed by atoms with Gasteiger partial charge in [-0.25, -0.2) is 4.68 Å². The van der Waals surface area contributed by atoms with E-state index in [-0.39, 0.29) is 11.4 Å². The third kappa shape index (κ3) is 3.23. The Hall–Kier alpha value is -2.31.